The molecule has 7 heteroatoms. The molecule has 0 saturated carbocycles. The van der Waals surface area contributed by atoms with Crippen LogP contribution >= 0.6 is 34.8 Å². The fraction of sp³-hybridized carbons (Fsp3) is 0.500. The van der Waals surface area contributed by atoms with Crippen LogP contribution in [-0.2, 0) is 4.79 Å². The Hall–Kier alpha value is -0.520. The Bertz CT molecular complexity index is 539. The van der Waals surface area contributed by atoms with Gasteiger partial charge in [0.25, 0.3) is 0 Å². The molecule has 0 spiro atoms. The van der Waals surface area contributed by atoms with Gasteiger partial charge in [-0.2, -0.15) is 0 Å². The fourth-order valence-corrected chi connectivity index (χ4v) is 2.95. The second-order valence-electron chi connectivity index (χ2n) is 5.20. The molecule has 2 atom stereocenters. The van der Waals surface area contributed by atoms with E-state index in [2.05, 4.69) is 5.32 Å². The van der Waals surface area contributed by atoms with Gasteiger partial charge in [-0.05, 0) is 38.4 Å². The summed E-state index contributed by atoms with van der Waals surface area (Å²) in [6, 6.07) is 2.67. The number of hydrogen-bond acceptors (Lipinski definition) is 3. The van der Waals surface area contributed by atoms with Crippen LogP contribution in [0.1, 0.15) is 19.8 Å². The maximum absolute atomic E-state index is 12.3. The molecule has 1 aromatic rings. The van der Waals surface area contributed by atoms with Gasteiger partial charge in [0.05, 0.1) is 32.9 Å². The molecular formula is C14H17Cl3N2O2. The van der Waals surface area contributed by atoms with E-state index >= 15 is 0 Å². The first-order valence-corrected chi connectivity index (χ1v) is 7.89. The lowest BCUT2D eigenvalue weighted by atomic mass is 10.1. The van der Waals surface area contributed by atoms with Crippen LogP contribution in [0.25, 0.3) is 0 Å². The molecule has 4 nitrogen and oxygen atoms in total. The quantitative estimate of drug-likeness (QED) is 0.820. The Morgan fingerprint density at radius 2 is 2.00 bits per heavy atom. The minimum absolute atomic E-state index is 0.190. The average molecular weight is 352 g/mol. The van der Waals surface area contributed by atoms with Crippen molar-refractivity contribution in [3.8, 4) is 0 Å². The zero-order chi connectivity index (χ0) is 15.6. The Balaban J connectivity index is 2.05. The Kier molecular flexibility index (Phi) is 5.74. The summed E-state index contributed by atoms with van der Waals surface area (Å²) in [6.07, 6.45) is 1.29. The molecule has 0 bridgehead atoms. The number of amides is 1. The summed E-state index contributed by atoms with van der Waals surface area (Å²) in [5, 5.41) is 13.4. The number of carbonyl (C=O) groups is 1. The number of carbonyl (C=O) groups excluding carboxylic acids is 1. The molecule has 1 saturated heterocycles. The van der Waals surface area contributed by atoms with Gasteiger partial charge in [-0.1, -0.05) is 34.8 Å². The number of aliphatic hydroxyl groups is 1. The highest BCUT2D eigenvalue weighted by atomic mass is 35.5. The number of benzene rings is 1. The van der Waals surface area contributed by atoms with E-state index in [1.54, 1.807) is 6.92 Å². The van der Waals surface area contributed by atoms with Crippen molar-refractivity contribution >= 4 is 46.4 Å². The third-order valence-electron chi connectivity index (χ3n) is 3.62. The SMILES string of the molecule is CC(C(=O)Nc1cc(Cl)c(Cl)cc1Cl)N1CCCC(O)C1. The highest BCUT2D eigenvalue weighted by molar-refractivity contribution is 6.44. The Morgan fingerprint density at radius 3 is 2.67 bits per heavy atom. The first kappa shape index (κ1) is 16.8. The number of β-amino-alcohol motifs (C(OH)–C–C–N with tert-alkyl or cyclic N) is 1. The smallest absolute Gasteiger partial charge is 0.241 e. The molecular weight excluding hydrogens is 335 g/mol. The van der Waals surface area contributed by atoms with Crippen molar-refractivity contribution in [2.45, 2.75) is 31.9 Å². The van der Waals surface area contributed by atoms with E-state index in [1.807, 2.05) is 4.90 Å². The van der Waals surface area contributed by atoms with E-state index in [9.17, 15) is 9.90 Å². The number of nitrogens with one attached hydrogen (secondary N) is 1. The van der Waals surface area contributed by atoms with Gasteiger partial charge < -0.3 is 10.4 Å². The molecule has 2 unspecified atom stereocenters. The third kappa shape index (κ3) is 4.24. The van der Waals surface area contributed by atoms with Crippen molar-refractivity contribution in [3.63, 3.8) is 0 Å². The molecule has 1 aromatic carbocycles. The van der Waals surface area contributed by atoms with Gasteiger partial charge >= 0.3 is 0 Å². The number of halogens is 3. The van der Waals surface area contributed by atoms with Crippen molar-refractivity contribution in [2.75, 3.05) is 18.4 Å². The third-order valence-corrected chi connectivity index (χ3v) is 4.66. The van der Waals surface area contributed by atoms with Crippen molar-refractivity contribution in [3.05, 3.63) is 27.2 Å². The van der Waals surface area contributed by atoms with Crippen molar-refractivity contribution in [2.24, 2.45) is 0 Å². The summed E-state index contributed by atoms with van der Waals surface area (Å²) in [5.41, 5.74) is 0.431. The first-order valence-electron chi connectivity index (χ1n) is 6.76. The second-order valence-corrected chi connectivity index (χ2v) is 6.42. The van der Waals surface area contributed by atoms with Crippen molar-refractivity contribution in [1.82, 2.24) is 4.90 Å². The van der Waals surface area contributed by atoms with Crippen molar-refractivity contribution < 1.29 is 9.90 Å². The molecule has 1 fully saturated rings. The van der Waals surface area contributed by atoms with Crippen LogP contribution in [-0.4, -0.2) is 41.1 Å². The molecule has 2 N–H and O–H groups in total. The standard InChI is InChI=1S/C14H17Cl3N2O2/c1-8(19-4-2-3-9(20)7-19)14(21)18-13-6-11(16)10(15)5-12(13)17/h5-6,8-9,20H,2-4,7H2,1H3,(H,18,21). The summed E-state index contributed by atoms with van der Waals surface area (Å²) in [7, 11) is 0. The molecule has 0 radical (unpaired) electrons. The predicted octanol–water partition coefficient (Wildman–Crippen LogP) is 3.43. The van der Waals surface area contributed by atoms with Gasteiger partial charge in [-0.3, -0.25) is 9.69 Å². The zero-order valence-corrected chi connectivity index (χ0v) is 13.8. The number of rotatable bonds is 3. The Labute approximate surface area is 139 Å². The molecule has 1 aliphatic rings. The second kappa shape index (κ2) is 7.16. The number of hydrogen-bond donors (Lipinski definition) is 2. The molecule has 1 amide bonds. The number of anilines is 1. The zero-order valence-electron chi connectivity index (χ0n) is 11.6. The van der Waals surface area contributed by atoms with E-state index in [1.165, 1.54) is 12.1 Å². The number of likely N-dealkylation sites (tertiary alicyclic amines) is 1. The lowest BCUT2D eigenvalue weighted by Gasteiger charge is -2.34. The van der Waals surface area contributed by atoms with Gasteiger partial charge in [-0.15, -0.1) is 0 Å². The van der Waals surface area contributed by atoms with Crippen LogP contribution < -0.4 is 5.32 Å². The van der Waals surface area contributed by atoms with Crippen LogP contribution in [0, 0.1) is 0 Å². The first-order chi connectivity index (χ1) is 9.88. The maximum Gasteiger partial charge on any atom is 0.241 e. The minimum Gasteiger partial charge on any atom is -0.392 e. The predicted molar refractivity (Wildman–Crippen MR) is 86.4 cm³/mol. The van der Waals surface area contributed by atoms with Crippen LogP contribution in [0.4, 0.5) is 5.69 Å². The summed E-state index contributed by atoms with van der Waals surface area (Å²) in [6.45, 7) is 3.10. The molecule has 0 aliphatic carbocycles. The van der Waals surface area contributed by atoms with E-state index < -0.39 is 0 Å². The van der Waals surface area contributed by atoms with E-state index in [0.717, 1.165) is 19.4 Å². The van der Waals surface area contributed by atoms with Crippen molar-refractivity contribution in [1.29, 1.82) is 0 Å². The van der Waals surface area contributed by atoms with Crippen LogP contribution in [0.3, 0.4) is 0 Å². The molecule has 1 aliphatic heterocycles. The lowest BCUT2D eigenvalue weighted by molar-refractivity contribution is -0.121. The topological polar surface area (TPSA) is 52.6 Å². The molecule has 2 rings (SSSR count). The number of nitrogens with zero attached hydrogens (tertiary/aromatic N) is 1. The summed E-state index contributed by atoms with van der Waals surface area (Å²) in [5.74, 6) is -0.190. The Morgan fingerprint density at radius 1 is 1.33 bits per heavy atom. The highest BCUT2D eigenvalue weighted by Crippen LogP contribution is 2.32. The van der Waals surface area contributed by atoms with E-state index in [-0.39, 0.29) is 18.1 Å². The van der Waals surface area contributed by atoms with E-state index in [4.69, 9.17) is 34.8 Å². The fourth-order valence-electron chi connectivity index (χ4n) is 2.36. The monoisotopic (exact) mass is 350 g/mol. The van der Waals surface area contributed by atoms with Gasteiger partial charge in [0.15, 0.2) is 0 Å². The van der Waals surface area contributed by atoms with E-state index in [0.29, 0.717) is 27.3 Å². The summed E-state index contributed by atoms with van der Waals surface area (Å²) >= 11 is 17.8. The van der Waals surface area contributed by atoms with Crippen LogP contribution in [0.15, 0.2) is 12.1 Å². The molecule has 1 heterocycles. The van der Waals surface area contributed by atoms with Crippen LogP contribution in [0.5, 0.6) is 0 Å². The van der Waals surface area contributed by atoms with Gasteiger partial charge in [0.2, 0.25) is 5.91 Å². The maximum atomic E-state index is 12.3. The number of aliphatic hydroxyl groups excluding tert-OH is 1. The highest BCUT2D eigenvalue weighted by Gasteiger charge is 2.26. The summed E-state index contributed by atoms with van der Waals surface area (Å²) < 4.78 is 0. The van der Waals surface area contributed by atoms with Gasteiger partial charge in [0.1, 0.15) is 0 Å². The lowest BCUT2D eigenvalue weighted by Crippen LogP contribution is -2.48. The summed E-state index contributed by atoms with van der Waals surface area (Å²) in [4.78, 5) is 14.3. The molecule has 21 heavy (non-hydrogen) atoms. The minimum atomic E-state index is -0.373. The van der Waals surface area contributed by atoms with Gasteiger partial charge in [-0.25, -0.2) is 0 Å². The molecule has 0 aromatic heterocycles. The van der Waals surface area contributed by atoms with Crippen LogP contribution in [0.2, 0.25) is 15.1 Å². The van der Waals surface area contributed by atoms with Gasteiger partial charge in [0, 0.05) is 6.54 Å². The largest absolute Gasteiger partial charge is 0.392 e. The normalized spacial score (nSPS) is 21.1. The number of piperidine rings is 1. The molecule has 116 valence electrons. The average Bonchev–Trinajstić information content (AvgIpc) is 2.43.